The third kappa shape index (κ3) is 8.89. The van der Waals surface area contributed by atoms with E-state index in [2.05, 4.69) is 19.2 Å². The first kappa shape index (κ1) is 19.2. The first-order chi connectivity index (χ1) is 8.81. The van der Waals surface area contributed by atoms with E-state index in [1.807, 2.05) is 13.2 Å². The number of sulfonamides is 1. The standard InChI is InChI=1S/C13H30N2O2S2/c1-12(2)14-9-6-7-11-19(16,17)15(4)13(3)8-10-18-5/h12-14H,6-11H2,1-5H3. The summed E-state index contributed by atoms with van der Waals surface area (Å²) in [5, 5.41) is 3.30. The normalized spacial score (nSPS) is 14.3. The minimum atomic E-state index is -3.09. The van der Waals surface area contributed by atoms with Crippen molar-refractivity contribution in [2.75, 3.05) is 31.4 Å². The molecule has 0 fully saturated rings. The molecule has 0 aliphatic rings. The van der Waals surface area contributed by atoms with Crippen molar-refractivity contribution < 1.29 is 8.42 Å². The van der Waals surface area contributed by atoms with Crippen LogP contribution < -0.4 is 5.32 Å². The molecular weight excluding hydrogens is 280 g/mol. The largest absolute Gasteiger partial charge is 0.315 e. The minimum absolute atomic E-state index is 0.0891. The van der Waals surface area contributed by atoms with Gasteiger partial charge in [0.25, 0.3) is 0 Å². The van der Waals surface area contributed by atoms with Crippen LogP contribution in [0.2, 0.25) is 0 Å². The van der Waals surface area contributed by atoms with Gasteiger partial charge in [-0.05, 0) is 44.7 Å². The fourth-order valence-electron chi connectivity index (χ4n) is 1.69. The molecule has 0 aromatic rings. The van der Waals surface area contributed by atoms with Crippen LogP contribution in [0.1, 0.15) is 40.0 Å². The molecule has 0 saturated heterocycles. The van der Waals surface area contributed by atoms with E-state index in [-0.39, 0.29) is 11.8 Å². The van der Waals surface area contributed by atoms with Crippen LogP contribution >= 0.6 is 11.8 Å². The number of nitrogens with zero attached hydrogens (tertiary/aromatic N) is 1. The molecular formula is C13H30N2O2S2. The Morgan fingerprint density at radius 3 is 2.37 bits per heavy atom. The van der Waals surface area contributed by atoms with Crippen molar-refractivity contribution in [3.05, 3.63) is 0 Å². The fraction of sp³-hybridized carbons (Fsp3) is 1.00. The summed E-state index contributed by atoms with van der Waals surface area (Å²) in [5.74, 6) is 1.26. The second-order valence-corrected chi connectivity index (χ2v) is 8.41. The van der Waals surface area contributed by atoms with Crippen LogP contribution in [0.25, 0.3) is 0 Å². The summed E-state index contributed by atoms with van der Waals surface area (Å²) in [6, 6.07) is 0.553. The van der Waals surface area contributed by atoms with Gasteiger partial charge in [0.05, 0.1) is 5.75 Å². The predicted octanol–water partition coefficient (Wildman–Crippen LogP) is 2.17. The molecule has 0 rings (SSSR count). The van der Waals surface area contributed by atoms with E-state index >= 15 is 0 Å². The van der Waals surface area contributed by atoms with Gasteiger partial charge in [-0.3, -0.25) is 0 Å². The second-order valence-electron chi connectivity index (χ2n) is 5.28. The van der Waals surface area contributed by atoms with Gasteiger partial charge in [0, 0.05) is 19.1 Å². The SMILES string of the molecule is CSCCC(C)N(C)S(=O)(=O)CCCCNC(C)C. The Morgan fingerprint density at radius 2 is 1.84 bits per heavy atom. The molecule has 0 bridgehead atoms. The number of thioether (sulfide) groups is 1. The highest BCUT2D eigenvalue weighted by Gasteiger charge is 2.22. The Labute approximate surface area is 123 Å². The molecule has 0 spiro atoms. The molecule has 0 aromatic heterocycles. The van der Waals surface area contributed by atoms with Gasteiger partial charge >= 0.3 is 0 Å². The second kappa shape index (κ2) is 10.0. The van der Waals surface area contributed by atoms with Crippen molar-refractivity contribution in [3.8, 4) is 0 Å². The number of hydrogen-bond acceptors (Lipinski definition) is 4. The zero-order valence-corrected chi connectivity index (χ0v) is 14.6. The topological polar surface area (TPSA) is 49.4 Å². The van der Waals surface area contributed by atoms with Crippen molar-refractivity contribution in [2.24, 2.45) is 0 Å². The summed E-state index contributed by atoms with van der Waals surface area (Å²) in [6.07, 6.45) is 4.58. The van der Waals surface area contributed by atoms with Gasteiger partial charge in [-0.2, -0.15) is 11.8 Å². The van der Waals surface area contributed by atoms with E-state index in [1.165, 1.54) is 0 Å². The quantitative estimate of drug-likeness (QED) is 0.594. The summed E-state index contributed by atoms with van der Waals surface area (Å²) in [7, 11) is -1.39. The molecule has 19 heavy (non-hydrogen) atoms. The molecule has 1 atom stereocenters. The van der Waals surface area contributed by atoms with Crippen molar-refractivity contribution in [2.45, 2.75) is 52.1 Å². The maximum Gasteiger partial charge on any atom is 0.214 e. The van der Waals surface area contributed by atoms with Crippen molar-refractivity contribution in [1.29, 1.82) is 0 Å². The number of hydrogen-bond donors (Lipinski definition) is 1. The van der Waals surface area contributed by atoms with Crippen molar-refractivity contribution in [1.82, 2.24) is 9.62 Å². The van der Waals surface area contributed by atoms with Crippen LogP contribution in [0.4, 0.5) is 0 Å². The highest BCUT2D eigenvalue weighted by molar-refractivity contribution is 7.98. The van der Waals surface area contributed by atoms with E-state index in [0.29, 0.717) is 6.04 Å². The molecule has 1 N–H and O–H groups in total. The number of nitrogens with one attached hydrogen (secondary N) is 1. The summed E-state index contributed by atoms with van der Waals surface area (Å²) in [4.78, 5) is 0. The van der Waals surface area contributed by atoms with E-state index in [0.717, 1.165) is 31.6 Å². The number of unbranched alkanes of at least 4 members (excludes halogenated alkanes) is 1. The van der Waals surface area contributed by atoms with E-state index in [9.17, 15) is 8.42 Å². The van der Waals surface area contributed by atoms with Crippen LogP contribution in [-0.4, -0.2) is 56.2 Å². The summed E-state index contributed by atoms with van der Waals surface area (Å²) in [6.45, 7) is 7.06. The van der Waals surface area contributed by atoms with Crippen molar-refractivity contribution >= 4 is 21.8 Å². The lowest BCUT2D eigenvalue weighted by Gasteiger charge is -2.24. The van der Waals surface area contributed by atoms with Crippen LogP contribution in [-0.2, 0) is 10.0 Å². The molecule has 6 heteroatoms. The average molecular weight is 311 g/mol. The lowest BCUT2D eigenvalue weighted by atomic mass is 10.3. The number of rotatable bonds is 11. The van der Waals surface area contributed by atoms with Gasteiger partial charge in [0.1, 0.15) is 0 Å². The van der Waals surface area contributed by atoms with Gasteiger partial charge < -0.3 is 5.32 Å². The maximum atomic E-state index is 12.1. The van der Waals surface area contributed by atoms with Crippen LogP contribution in [0.5, 0.6) is 0 Å². The fourth-order valence-corrected chi connectivity index (χ4v) is 3.78. The molecule has 0 radical (unpaired) electrons. The van der Waals surface area contributed by atoms with E-state index in [4.69, 9.17) is 0 Å². The Kier molecular flexibility index (Phi) is 10.1. The summed E-state index contributed by atoms with van der Waals surface area (Å²) in [5.41, 5.74) is 0. The molecule has 4 nitrogen and oxygen atoms in total. The molecule has 1 unspecified atom stereocenters. The van der Waals surface area contributed by atoms with Crippen molar-refractivity contribution in [3.63, 3.8) is 0 Å². The van der Waals surface area contributed by atoms with Crippen LogP contribution in [0, 0.1) is 0 Å². The van der Waals surface area contributed by atoms with Gasteiger partial charge in [0.15, 0.2) is 0 Å². The molecule has 0 aromatic carbocycles. The molecule has 0 amide bonds. The monoisotopic (exact) mass is 310 g/mol. The van der Waals surface area contributed by atoms with Crippen LogP contribution in [0.3, 0.4) is 0 Å². The Balaban J connectivity index is 4.02. The average Bonchev–Trinajstić information content (AvgIpc) is 2.34. The lowest BCUT2D eigenvalue weighted by Crippen LogP contribution is -2.37. The smallest absolute Gasteiger partial charge is 0.214 e. The molecule has 0 aliphatic heterocycles. The van der Waals surface area contributed by atoms with E-state index < -0.39 is 10.0 Å². The molecule has 0 saturated carbocycles. The van der Waals surface area contributed by atoms with E-state index in [1.54, 1.807) is 23.1 Å². The highest BCUT2D eigenvalue weighted by Crippen LogP contribution is 2.12. The molecule has 116 valence electrons. The first-order valence-electron chi connectivity index (χ1n) is 6.99. The first-order valence-corrected chi connectivity index (χ1v) is 9.99. The Bertz CT molecular complexity index is 319. The maximum absolute atomic E-state index is 12.1. The van der Waals surface area contributed by atoms with Gasteiger partial charge in [0.2, 0.25) is 10.0 Å². The Hall–Kier alpha value is 0.220. The predicted molar refractivity (Wildman–Crippen MR) is 86.4 cm³/mol. The zero-order chi connectivity index (χ0) is 14.9. The molecule has 0 heterocycles. The van der Waals surface area contributed by atoms with Gasteiger partial charge in [-0.15, -0.1) is 0 Å². The third-order valence-electron chi connectivity index (χ3n) is 3.18. The van der Waals surface area contributed by atoms with Crippen LogP contribution in [0.15, 0.2) is 0 Å². The lowest BCUT2D eigenvalue weighted by molar-refractivity contribution is 0.381. The Morgan fingerprint density at radius 1 is 1.21 bits per heavy atom. The minimum Gasteiger partial charge on any atom is -0.315 e. The highest BCUT2D eigenvalue weighted by atomic mass is 32.2. The molecule has 0 aliphatic carbocycles. The summed E-state index contributed by atoms with van der Waals surface area (Å²) < 4.78 is 25.8. The van der Waals surface area contributed by atoms with Gasteiger partial charge in [-0.25, -0.2) is 12.7 Å². The third-order valence-corrected chi connectivity index (χ3v) is 5.87. The van der Waals surface area contributed by atoms with Gasteiger partial charge in [-0.1, -0.05) is 13.8 Å². The zero-order valence-electron chi connectivity index (χ0n) is 13.0. The summed E-state index contributed by atoms with van der Waals surface area (Å²) >= 11 is 1.76.